The zero-order valence-electron chi connectivity index (χ0n) is 8.60. The van der Waals surface area contributed by atoms with Gasteiger partial charge in [-0.25, -0.2) is 0 Å². The van der Waals surface area contributed by atoms with E-state index in [0.717, 1.165) is 12.8 Å². The molecule has 1 aliphatic heterocycles. The van der Waals surface area contributed by atoms with Gasteiger partial charge in [-0.1, -0.05) is 0 Å². The van der Waals surface area contributed by atoms with Crippen molar-refractivity contribution in [2.45, 2.75) is 24.4 Å². The van der Waals surface area contributed by atoms with E-state index in [-0.39, 0.29) is 5.38 Å². The lowest BCUT2D eigenvalue weighted by Crippen LogP contribution is -2.42. The summed E-state index contributed by atoms with van der Waals surface area (Å²) in [7, 11) is 0. The highest BCUT2D eigenvalue weighted by molar-refractivity contribution is 6.20. The van der Waals surface area contributed by atoms with Crippen molar-refractivity contribution < 1.29 is 22.7 Å². The minimum Gasteiger partial charge on any atom is -0.362 e. The summed E-state index contributed by atoms with van der Waals surface area (Å²) in [6, 6.07) is 0. The lowest BCUT2D eigenvalue weighted by atomic mass is 10.1. The van der Waals surface area contributed by atoms with Gasteiger partial charge in [0.25, 0.3) is 0 Å². The van der Waals surface area contributed by atoms with Crippen LogP contribution in [0.15, 0.2) is 0 Å². The third-order valence-electron chi connectivity index (χ3n) is 2.21. The van der Waals surface area contributed by atoms with Gasteiger partial charge in [-0.2, -0.15) is 13.2 Å². The summed E-state index contributed by atoms with van der Waals surface area (Å²) in [6.07, 6.45) is -2.79. The molecule has 1 rings (SSSR count). The molecule has 0 aromatic rings. The minimum atomic E-state index is -4.39. The Balaban J connectivity index is 2.24. The van der Waals surface area contributed by atoms with E-state index in [4.69, 9.17) is 11.6 Å². The average Bonchev–Trinajstić information content (AvgIpc) is 2.15. The number of amides is 1. The van der Waals surface area contributed by atoms with Gasteiger partial charge in [-0.05, 0) is 12.8 Å². The Bertz CT molecular complexity index is 247. The molecule has 0 aromatic heterocycles. The van der Waals surface area contributed by atoms with Crippen LogP contribution in [0.3, 0.4) is 0 Å². The second-order valence-corrected chi connectivity index (χ2v) is 4.30. The molecular weight excluding hydrogens is 247 g/mol. The molecule has 0 radical (unpaired) electrons. The number of ether oxygens (including phenoxy) is 1. The molecule has 0 aliphatic carbocycles. The molecule has 1 saturated heterocycles. The first-order chi connectivity index (χ1) is 7.38. The van der Waals surface area contributed by atoms with Crippen LogP contribution < -0.4 is 0 Å². The standard InChI is InChI=1S/C9H13ClF3NO2/c10-7-2-1-3-14(4-7)8(15)5-16-6-9(11,12)13/h7H,1-6H2. The first kappa shape index (κ1) is 13.6. The highest BCUT2D eigenvalue weighted by Crippen LogP contribution is 2.16. The van der Waals surface area contributed by atoms with Gasteiger partial charge in [-0.15, -0.1) is 11.6 Å². The highest BCUT2D eigenvalue weighted by atomic mass is 35.5. The predicted molar refractivity (Wildman–Crippen MR) is 52.3 cm³/mol. The molecule has 0 aromatic carbocycles. The van der Waals surface area contributed by atoms with Crippen molar-refractivity contribution in [3.8, 4) is 0 Å². The second-order valence-electron chi connectivity index (χ2n) is 3.69. The van der Waals surface area contributed by atoms with Crippen LogP contribution in [0, 0.1) is 0 Å². The number of piperidine rings is 1. The summed E-state index contributed by atoms with van der Waals surface area (Å²) in [5.74, 6) is -0.436. The number of carbonyl (C=O) groups excluding carboxylic acids is 1. The molecule has 1 heterocycles. The van der Waals surface area contributed by atoms with E-state index < -0.39 is 25.3 Å². The van der Waals surface area contributed by atoms with Crippen LogP contribution in [-0.2, 0) is 9.53 Å². The Morgan fingerprint density at radius 2 is 2.19 bits per heavy atom. The van der Waals surface area contributed by atoms with Crippen molar-refractivity contribution in [2.24, 2.45) is 0 Å². The summed E-state index contributed by atoms with van der Waals surface area (Å²) >= 11 is 5.85. The maximum Gasteiger partial charge on any atom is 0.411 e. The van der Waals surface area contributed by atoms with Gasteiger partial charge < -0.3 is 9.64 Å². The van der Waals surface area contributed by atoms with Crippen LogP contribution in [0.5, 0.6) is 0 Å². The third kappa shape index (κ3) is 5.03. The maximum absolute atomic E-state index is 11.7. The first-order valence-electron chi connectivity index (χ1n) is 4.95. The zero-order valence-corrected chi connectivity index (χ0v) is 9.35. The van der Waals surface area contributed by atoms with Crippen LogP contribution in [0.4, 0.5) is 13.2 Å². The molecule has 1 amide bonds. The predicted octanol–water partition coefficient (Wildman–Crippen LogP) is 1.80. The third-order valence-corrected chi connectivity index (χ3v) is 2.56. The summed E-state index contributed by atoms with van der Waals surface area (Å²) in [6.45, 7) is -1.01. The van der Waals surface area contributed by atoms with Crippen molar-refractivity contribution in [2.75, 3.05) is 26.3 Å². The Kier molecular flexibility index (Phi) is 4.86. The normalized spacial score (nSPS) is 22.2. The van der Waals surface area contributed by atoms with E-state index in [0.29, 0.717) is 13.1 Å². The summed E-state index contributed by atoms with van der Waals surface area (Å²) in [5.41, 5.74) is 0. The van der Waals surface area contributed by atoms with Crippen LogP contribution in [0.2, 0.25) is 0 Å². The van der Waals surface area contributed by atoms with Crippen molar-refractivity contribution >= 4 is 17.5 Å². The fraction of sp³-hybridized carbons (Fsp3) is 0.889. The molecule has 1 aliphatic rings. The summed E-state index contributed by atoms with van der Waals surface area (Å²) in [4.78, 5) is 12.8. The van der Waals surface area contributed by atoms with E-state index in [1.165, 1.54) is 4.90 Å². The quantitative estimate of drug-likeness (QED) is 0.724. The van der Waals surface area contributed by atoms with Crippen molar-refractivity contribution in [1.82, 2.24) is 4.90 Å². The molecule has 1 unspecified atom stereocenters. The topological polar surface area (TPSA) is 29.5 Å². The summed E-state index contributed by atoms with van der Waals surface area (Å²) in [5, 5.41) is -0.111. The second kappa shape index (κ2) is 5.72. The monoisotopic (exact) mass is 259 g/mol. The summed E-state index contributed by atoms with van der Waals surface area (Å²) < 4.78 is 39.5. The molecular formula is C9H13ClF3NO2. The maximum atomic E-state index is 11.7. The van der Waals surface area contributed by atoms with Crippen LogP contribution in [0.25, 0.3) is 0 Å². The Labute approximate surface area is 96.5 Å². The van der Waals surface area contributed by atoms with Gasteiger partial charge in [0, 0.05) is 13.1 Å². The van der Waals surface area contributed by atoms with Crippen molar-refractivity contribution in [3.63, 3.8) is 0 Å². The lowest BCUT2D eigenvalue weighted by Gasteiger charge is -2.29. The molecule has 0 saturated carbocycles. The molecule has 0 N–H and O–H groups in total. The SMILES string of the molecule is O=C(COCC(F)(F)F)N1CCCC(Cl)C1. The number of alkyl halides is 4. The Morgan fingerprint density at radius 1 is 1.50 bits per heavy atom. The molecule has 3 nitrogen and oxygen atoms in total. The molecule has 7 heteroatoms. The highest BCUT2D eigenvalue weighted by Gasteiger charge is 2.29. The molecule has 1 atom stereocenters. The largest absolute Gasteiger partial charge is 0.411 e. The van der Waals surface area contributed by atoms with Gasteiger partial charge >= 0.3 is 6.18 Å². The van der Waals surface area contributed by atoms with Gasteiger partial charge in [0.2, 0.25) is 5.91 Å². The number of rotatable bonds is 3. The minimum absolute atomic E-state index is 0.111. The lowest BCUT2D eigenvalue weighted by molar-refractivity contribution is -0.178. The average molecular weight is 260 g/mol. The van der Waals surface area contributed by atoms with E-state index in [1.54, 1.807) is 0 Å². The smallest absolute Gasteiger partial charge is 0.362 e. The number of likely N-dealkylation sites (tertiary alicyclic amines) is 1. The van der Waals surface area contributed by atoms with Crippen LogP contribution >= 0.6 is 11.6 Å². The van der Waals surface area contributed by atoms with E-state index >= 15 is 0 Å². The zero-order chi connectivity index (χ0) is 12.2. The molecule has 16 heavy (non-hydrogen) atoms. The van der Waals surface area contributed by atoms with Crippen LogP contribution in [0.1, 0.15) is 12.8 Å². The number of hydrogen-bond donors (Lipinski definition) is 0. The van der Waals surface area contributed by atoms with Gasteiger partial charge in [-0.3, -0.25) is 4.79 Å². The van der Waals surface area contributed by atoms with Gasteiger partial charge in [0.15, 0.2) is 0 Å². The number of hydrogen-bond acceptors (Lipinski definition) is 2. The van der Waals surface area contributed by atoms with E-state index in [9.17, 15) is 18.0 Å². The molecule has 1 fully saturated rings. The Morgan fingerprint density at radius 3 is 2.75 bits per heavy atom. The fourth-order valence-electron chi connectivity index (χ4n) is 1.50. The number of carbonyl (C=O) groups is 1. The molecule has 94 valence electrons. The fourth-order valence-corrected chi connectivity index (χ4v) is 1.82. The van der Waals surface area contributed by atoms with E-state index in [2.05, 4.69) is 4.74 Å². The molecule has 0 bridgehead atoms. The number of nitrogens with zero attached hydrogens (tertiary/aromatic N) is 1. The molecule has 0 spiro atoms. The van der Waals surface area contributed by atoms with Gasteiger partial charge in [0.1, 0.15) is 13.2 Å². The van der Waals surface area contributed by atoms with Crippen molar-refractivity contribution in [1.29, 1.82) is 0 Å². The van der Waals surface area contributed by atoms with E-state index in [1.807, 2.05) is 0 Å². The Hall–Kier alpha value is -0.490. The van der Waals surface area contributed by atoms with Gasteiger partial charge in [0.05, 0.1) is 5.38 Å². The first-order valence-corrected chi connectivity index (χ1v) is 5.38. The number of halogens is 4. The van der Waals surface area contributed by atoms with Crippen LogP contribution in [-0.4, -0.2) is 48.7 Å². The van der Waals surface area contributed by atoms with Crippen molar-refractivity contribution in [3.05, 3.63) is 0 Å².